The summed E-state index contributed by atoms with van der Waals surface area (Å²) in [6, 6.07) is 0. The zero-order valence-electron chi connectivity index (χ0n) is 7.96. The molecule has 0 aliphatic heterocycles. The third kappa shape index (κ3) is 2.65. The van der Waals surface area contributed by atoms with E-state index in [2.05, 4.69) is 18.5 Å². The third-order valence-electron chi connectivity index (χ3n) is 2.39. The number of nitrogens with zero attached hydrogens (tertiary/aromatic N) is 1. The van der Waals surface area contributed by atoms with Gasteiger partial charge in [-0.25, -0.2) is 0 Å². The van der Waals surface area contributed by atoms with Gasteiger partial charge < -0.3 is 0 Å². The molecule has 0 N–H and O–H groups in total. The summed E-state index contributed by atoms with van der Waals surface area (Å²) in [5, 5.41) is 0. The molecule has 0 amide bonds. The minimum absolute atomic E-state index is 0.624. The van der Waals surface area contributed by atoms with Crippen molar-refractivity contribution in [3.63, 3.8) is 0 Å². The van der Waals surface area contributed by atoms with Crippen molar-refractivity contribution in [1.82, 2.24) is 0 Å². The standard InChI is InChI=1S/C11H17N/c1-4-7-12-8-9(2)10(3)11-5-6-11/h4,7-8,10-11H,2,5-6H2,1,3H3. The van der Waals surface area contributed by atoms with E-state index in [0.29, 0.717) is 5.92 Å². The Morgan fingerprint density at radius 3 is 2.75 bits per heavy atom. The quantitative estimate of drug-likeness (QED) is 0.564. The van der Waals surface area contributed by atoms with Gasteiger partial charge in [0.2, 0.25) is 0 Å². The number of hydrogen-bond donors (Lipinski definition) is 0. The Kier molecular flexibility index (Phi) is 3.27. The Labute approximate surface area is 74.9 Å². The van der Waals surface area contributed by atoms with Gasteiger partial charge in [0.05, 0.1) is 0 Å². The molecule has 0 aromatic carbocycles. The average molecular weight is 163 g/mol. The van der Waals surface area contributed by atoms with Crippen LogP contribution in [0.5, 0.6) is 0 Å². The van der Waals surface area contributed by atoms with E-state index in [1.54, 1.807) is 6.20 Å². The summed E-state index contributed by atoms with van der Waals surface area (Å²) in [7, 11) is 0. The van der Waals surface area contributed by atoms with E-state index in [1.807, 2.05) is 19.2 Å². The summed E-state index contributed by atoms with van der Waals surface area (Å²) in [5.41, 5.74) is 1.16. The van der Waals surface area contributed by atoms with Crippen LogP contribution in [0.25, 0.3) is 0 Å². The molecule has 12 heavy (non-hydrogen) atoms. The molecule has 0 bridgehead atoms. The van der Waals surface area contributed by atoms with Gasteiger partial charge in [0, 0.05) is 12.4 Å². The van der Waals surface area contributed by atoms with E-state index in [4.69, 9.17) is 0 Å². The van der Waals surface area contributed by atoms with Crippen LogP contribution in [-0.4, -0.2) is 6.21 Å². The van der Waals surface area contributed by atoms with E-state index in [-0.39, 0.29) is 0 Å². The number of rotatable bonds is 4. The summed E-state index contributed by atoms with van der Waals surface area (Å²) in [6.07, 6.45) is 8.34. The van der Waals surface area contributed by atoms with Gasteiger partial charge in [0.1, 0.15) is 0 Å². The van der Waals surface area contributed by atoms with Gasteiger partial charge in [0.15, 0.2) is 0 Å². The van der Waals surface area contributed by atoms with Gasteiger partial charge in [-0.05, 0) is 37.2 Å². The maximum absolute atomic E-state index is 4.12. The fraction of sp³-hybridized carbons (Fsp3) is 0.545. The molecule has 0 aromatic rings. The van der Waals surface area contributed by atoms with Gasteiger partial charge in [-0.2, -0.15) is 0 Å². The summed E-state index contributed by atoms with van der Waals surface area (Å²) in [6.45, 7) is 8.20. The predicted octanol–water partition coefficient (Wildman–Crippen LogP) is 3.19. The molecule has 1 nitrogen and oxygen atoms in total. The Balaban J connectivity index is 2.35. The van der Waals surface area contributed by atoms with E-state index < -0.39 is 0 Å². The second-order valence-corrected chi connectivity index (χ2v) is 3.46. The summed E-state index contributed by atoms with van der Waals surface area (Å²) in [5.74, 6) is 1.51. The van der Waals surface area contributed by atoms with Crippen molar-refractivity contribution < 1.29 is 0 Å². The van der Waals surface area contributed by atoms with Crippen molar-refractivity contribution in [3.8, 4) is 0 Å². The molecule has 1 rings (SSSR count). The highest BCUT2D eigenvalue weighted by molar-refractivity contribution is 5.78. The van der Waals surface area contributed by atoms with Crippen LogP contribution in [0.1, 0.15) is 26.7 Å². The van der Waals surface area contributed by atoms with Gasteiger partial charge in [-0.15, -0.1) is 0 Å². The van der Waals surface area contributed by atoms with Crippen LogP contribution in [0.2, 0.25) is 0 Å². The van der Waals surface area contributed by atoms with Crippen LogP contribution in [0.3, 0.4) is 0 Å². The Morgan fingerprint density at radius 2 is 2.25 bits per heavy atom. The molecule has 66 valence electrons. The lowest BCUT2D eigenvalue weighted by molar-refractivity contribution is 0.614. The van der Waals surface area contributed by atoms with Gasteiger partial charge in [-0.1, -0.05) is 19.6 Å². The van der Waals surface area contributed by atoms with Gasteiger partial charge in [0.25, 0.3) is 0 Å². The third-order valence-corrected chi connectivity index (χ3v) is 2.39. The smallest absolute Gasteiger partial charge is 0.0296 e. The van der Waals surface area contributed by atoms with Crippen LogP contribution >= 0.6 is 0 Å². The molecule has 0 radical (unpaired) electrons. The largest absolute Gasteiger partial charge is 0.265 e. The monoisotopic (exact) mass is 163 g/mol. The van der Waals surface area contributed by atoms with Crippen LogP contribution in [-0.2, 0) is 0 Å². The van der Waals surface area contributed by atoms with E-state index >= 15 is 0 Å². The minimum Gasteiger partial charge on any atom is -0.265 e. The highest BCUT2D eigenvalue weighted by Crippen LogP contribution is 2.39. The van der Waals surface area contributed by atoms with Crippen LogP contribution in [0.4, 0.5) is 0 Å². The zero-order valence-corrected chi connectivity index (χ0v) is 7.96. The minimum atomic E-state index is 0.624. The SMILES string of the molecule is C=C(C=NC=CC)C(C)C1CC1. The highest BCUT2D eigenvalue weighted by atomic mass is 14.7. The molecule has 1 saturated carbocycles. The lowest BCUT2D eigenvalue weighted by Gasteiger charge is -2.07. The first-order chi connectivity index (χ1) is 5.75. The van der Waals surface area contributed by atoms with E-state index in [1.165, 1.54) is 12.8 Å². The summed E-state index contributed by atoms with van der Waals surface area (Å²) in [4.78, 5) is 4.12. The van der Waals surface area contributed by atoms with E-state index in [9.17, 15) is 0 Å². The maximum Gasteiger partial charge on any atom is 0.0296 e. The topological polar surface area (TPSA) is 12.4 Å². The van der Waals surface area contributed by atoms with Gasteiger partial charge >= 0.3 is 0 Å². The van der Waals surface area contributed by atoms with Crippen molar-refractivity contribution >= 4 is 6.21 Å². The first kappa shape index (κ1) is 9.24. The summed E-state index contributed by atoms with van der Waals surface area (Å²) >= 11 is 0. The highest BCUT2D eigenvalue weighted by Gasteiger charge is 2.28. The maximum atomic E-state index is 4.12. The van der Waals surface area contributed by atoms with Gasteiger partial charge in [-0.3, -0.25) is 4.99 Å². The first-order valence-electron chi connectivity index (χ1n) is 4.59. The molecule has 0 spiro atoms. The van der Waals surface area contributed by atoms with Crippen molar-refractivity contribution in [3.05, 3.63) is 24.4 Å². The molecule has 1 fully saturated rings. The molecule has 0 saturated heterocycles. The fourth-order valence-electron chi connectivity index (χ4n) is 1.24. The first-order valence-corrected chi connectivity index (χ1v) is 4.59. The second-order valence-electron chi connectivity index (χ2n) is 3.46. The molecule has 1 aliphatic rings. The van der Waals surface area contributed by atoms with Crippen molar-refractivity contribution in [1.29, 1.82) is 0 Å². The lowest BCUT2D eigenvalue weighted by atomic mass is 9.99. The predicted molar refractivity (Wildman–Crippen MR) is 54.3 cm³/mol. The van der Waals surface area contributed by atoms with Crippen molar-refractivity contribution in [2.75, 3.05) is 0 Å². The molecule has 0 heterocycles. The molecular weight excluding hydrogens is 146 g/mol. The molecule has 0 aromatic heterocycles. The number of allylic oxidation sites excluding steroid dienone is 2. The molecule has 1 atom stereocenters. The van der Waals surface area contributed by atoms with Crippen LogP contribution in [0, 0.1) is 11.8 Å². The summed E-state index contributed by atoms with van der Waals surface area (Å²) < 4.78 is 0. The van der Waals surface area contributed by atoms with Crippen LogP contribution < -0.4 is 0 Å². The second kappa shape index (κ2) is 4.24. The molecule has 1 aliphatic carbocycles. The Bertz CT molecular complexity index is 209. The molecule has 1 unspecified atom stereocenters. The van der Waals surface area contributed by atoms with Crippen molar-refractivity contribution in [2.45, 2.75) is 26.7 Å². The number of aliphatic imine (C=N–C) groups is 1. The van der Waals surface area contributed by atoms with Crippen LogP contribution in [0.15, 0.2) is 29.4 Å². The normalized spacial score (nSPS) is 20.5. The fourth-order valence-corrected chi connectivity index (χ4v) is 1.24. The molecule has 1 heteroatoms. The average Bonchev–Trinajstić information content (AvgIpc) is 2.86. The Morgan fingerprint density at radius 1 is 1.58 bits per heavy atom. The van der Waals surface area contributed by atoms with E-state index in [0.717, 1.165) is 11.5 Å². The number of hydrogen-bond acceptors (Lipinski definition) is 1. The lowest BCUT2D eigenvalue weighted by Crippen LogP contribution is -2.01. The molecular formula is C11H17N. The zero-order chi connectivity index (χ0) is 8.97. The Hall–Kier alpha value is -0.850. The van der Waals surface area contributed by atoms with Crippen molar-refractivity contribution in [2.24, 2.45) is 16.8 Å².